The second-order valence-electron chi connectivity index (χ2n) is 8.77. The van der Waals surface area contributed by atoms with Gasteiger partial charge in [0.2, 0.25) is 5.91 Å². The Kier molecular flexibility index (Phi) is 5.23. The van der Waals surface area contributed by atoms with E-state index in [1.165, 1.54) is 46.2 Å². The van der Waals surface area contributed by atoms with E-state index in [0.29, 0.717) is 10.2 Å². The van der Waals surface area contributed by atoms with Crippen molar-refractivity contribution in [3.63, 3.8) is 0 Å². The van der Waals surface area contributed by atoms with Crippen molar-refractivity contribution in [3.8, 4) is 11.1 Å². The van der Waals surface area contributed by atoms with Gasteiger partial charge in [-0.2, -0.15) is 0 Å². The maximum atomic E-state index is 13.4. The Morgan fingerprint density at radius 3 is 2.74 bits per heavy atom. The third kappa shape index (κ3) is 3.70. The van der Waals surface area contributed by atoms with E-state index in [1.807, 2.05) is 47.8 Å². The third-order valence-electron chi connectivity index (χ3n) is 6.60. The van der Waals surface area contributed by atoms with Crippen LogP contribution < -0.4 is 10.9 Å². The Balaban J connectivity index is 1.32. The van der Waals surface area contributed by atoms with Gasteiger partial charge in [0, 0.05) is 22.0 Å². The predicted octanol–water partition coefficient (Wildman–Crippen LogP) is 5.80. The van der Waals surface area contributed by atoms with Crippen molar-refractivity contribution in [2.24, 2.45) is 0 Å². The average molecular weight is 466 g/mol. The number of amides is 1. The van der Waals surface area contributed by atoms with E-state index in [-0.39, 0.29) is 18.0 Å². The Hall–Kier alpha value is -3.77. The van der Waals surface area contributed by atoms with E-state index in [4.69, 9.17) is 0 Å². The molecule has 168 valence electrons. The minimum Gasteiger partial charge on any atom is -0.324 e. The number of rotatable bonds is 4. The van der Waals surface area contributed by atoms with Crippen molar-refractivity contribution in [2.75, 3.05) is 5.32 Å². The van der Waals surface area contributed by atoms with Crippen LogP contribution >= 0.6 is 11.3 Å². The summed E-state index contributed by atoms with van der Waals surface area (Å²) in [5.74, 6) is -0.259. The fraction of sp³-hybridized carbons (Fsp3) is 0.179. The second-order valence-corrected chi connectivity index (χ2v) is 9.63. The summed E-state index contributed by atoms with van der Waals surface area (Å²) in [4.78, 5) is 31.5. The standard InChI is InChI=1S/C28H23N3O2S/c32-25(30-24-11-5-9-19-7-3-4-10-22(19)24)15-31-17-29-27-26(28(31)33)23(16-34-27)21-13-12-18-6-1-2-8-20(18)14-21/h3-5,7,9-14,16-17H,1-2,6,8,15H2,(H,30,32). The molecule has 5 aromatic rings. The third-order valence-corrected chi connectivity index (χ3v) is 7.48. The van der Waals surface area contributed by atoms with E-state index in [9.17, 15) is 9.59 Å². The Morgan fingerprint density at radius 1 is 1.00 bits per heavy atom. The molecule has 0 saturated carbocycles. The molecule has 0 aliphatic heterocycles. The fourth-order valence-corrected chi connectivity index (χ4v) is 5.78. The fourth-order valence-electron chi connectivity index (χ4n) is 4.87. The molecule has 1 aliphatic carbocycles. The van der Waals surface area contributed by atoms with E-state index in [0.717, 1.165) is 40.4 Å². The molecule has 0 atom stereocenters. The Morgan fingerprint density at radius 2 is 1.82 bits per heavy atom. The highest BCUT2D eigenvalue weighted by Crippen LogP contribution is 2.33. The van der Waals surface area contributed by atoms with Gasteiger partial charge in [0.1, 0.15) is 11.4 Å². The minimum atomic E-state index is -0.259. The SMILES string of the molecule is O=C(Cn1cnc2scc(-c3ccc4c(c3)CCCC4)c2c1=O)Nc1cccc2ccccc12. The van der Waals surface area contributed by atoms with E-state index in [2.05, 4.69) is 28.5 Å². The minimum absolute atomic E-state index is 0.0928. The van der Waals surface area contributed by atoms with Gasteiger partial charge in [-0.25, -0.2) is 4.98 Å². The maximum Gasteiger partial charge on any atom is 0.263 e. The Labute approximate surface area is 200 Å². The summed E-state index contributed by atoms with van der Waals surface area (Å²) in [6.45, 7) is -0.0928. The van der Waals surface area contributed by atoms with Gasteiger partial charge in [0.15, 0.2) is 0 Å². The predicted molar refractivity (Wildman–Crippen MR) is 139 cm³/mol. The molecule has 0 saturated heterocycles. The van der Waals surface area contributed by atoms with Crippen LogP contribution in [0.4, 0.5) is 5.69 Å². The van der Waals surface area contributed by atoms with Crippen molar-refractivity contribution in [2.45, 2.75) is 32.2 Å². The molecule has 5 nitrogen and oxygen atoms in total. The van der Waals surface area contributed by atoms with Gasteiger partial charge in [-0.1, -0.05) is 54.6 Å². The largest absolute Gasteiger partial charge is 0.324 e. The zero-order valence-electron chi connectivity index (χ0n) is 18.6. The normalized spacial score (nSPS) is 13.2. The van der Waals surface area contributed by atoms with Crippen molar-refractivity contribution in [1.82, 2.24) is 9.55 Å². The number of fused-ring (bicyclic) bond motifs is 3. The van der Waals surface area contributed by atoms with E-state index < -0.39 is 0 Å². The molecule has 6 rings (SSSR count). The van der Waals surface area contributed by atoms with Crippen LogP contribution in [0.3, 0.4) is 0 Å². The Bertz CT molecular complexity index is 1610. The number of carbonyl (C=O) groups excluding carboxylic acids is 1. The van der Waals surface area contributed by atoms with Crippen LogP contribution in [-0.4, -0.2) is 15.5 Å². The summed E-state index contributed by atoms with van der Waals surface area (Å²) in [5, 5.41) is 7.56. The molecule has 0 bridgehead atoms. The van der Waals surface area contributed by atoms with Crippen molar-refractivity contribution >= 4 is 43.9 Å². The molecular formula is C28H23N3O2S. The van der Waals surface area contributed by atoms with Gasteiger partial charge in [0.25, 0.3) is 5.56 Å². The van der Waals surface area contributed by atoms with Gasteiger partial charge >= 0.3 is 0 Å². The van der Waals surface area contributed by atoms with Crippen molar-refractivity contribution in [3.05, 3.63) is 93.9 Å². The molecule has 0 unspecified atom stereocenters. The molecule has 1 amide bonds. The molecule has 2 aromatic heterocycles. The molecule has 0 fully saturated rings. The van der Waals surface area contributed by atoms with Gasteiger partial charge in [-0.05, 0) is 53.8 Å². The van der Waals surface area contributed by atoms with Crippen LogP contribution in [0.2, 0.25) is 0 Å². The van der Waals surface area contributed by atoms with Gasteiger partial charge in [-0.3, -0.25) is 14.2 Å². The highest BCUT2D eigenvalue weighted by atomic mass is 32.1. The maximum absolute atomic E-state index is 13.4. The topological polar surface area (TPSA) is 64.0 Å². The first-order valence-corrected chi connectivity index (χ1v) is 12.4. The lowest BCUT2D eigenvalue weighted by atomic mass is 9.89. The summed E-state index contributed by atoms with van der Waals surface area (Å²) in [6, 6.07) is 20.2. The molecule has 0 spiro atoms. The van der Waals surface area contributed by atoms with Gasteiger partial charge in [-0.15, -0.1) is 11.3 Å². The zero-order chi connectivity index (χ0) is 23.1. The number of hydrogen-bond donors (Lipinski definition) is 1. The number of nitrogens with one attached hydrogen (secondary N) is 1. The molecule has 3 aromatic carbocycles. The number of thiophene rings is 1. The van der Waals surface area contributed by atoms with E-state index in [1.54, 1.807) is 0 Å². The summed E-state index contributed by atoms with van der Waals surface area (Å²) >= 11 is 1.47. The first-order chi connectivity index (χ1) is 16.7. The number of carbonyl (C=O) groups is 1. The molecule has 1 N–H and O–H groups in total. The number of nitrogens with zero attached hydrogens (tertiary/aromatic N) is 2. The lowest BCUT2D eigenvalue weighted by molar-refractivity contribution is -0.116. The molecular weight excluding hydrogens is 442 g/mol. The molecule has 1 aliphatic rings. The highest BCUT2D eigenvalue weighted by molar-refractivity contribution is 7.17. The van der Waals surface area contributed by atoms with Crippen LogP contribution in [0.15, 0.2) is 77.2 Å². The summed E-state index contributed by atoms with van der Waals surface area (Å²) < 4.78 is 1.40. The van der Waals surface area contributed by atoms with Crippen LogP contribution in [0.1, 0.15) is 24.0 Å². The quantitative estimate of drug-likeness (QED) is 0.365. The van der Waals surface area contributed by atoms with Gasteiger partial charge in [0.05, 0.1) is 11.7 Å². The first kappa shape index (κ1) is 20.8. The van der Waals surface area contributed by atoms with Crippen LogP contribution in [0.25, 0.3) is 32.1 Å². The van der Waals surface area contributed by atoms with E-state index >= 15 is 0 Å². The molecule has 6 heteroatoms. The summed E-state index contributed by atoms with van der Waals surface area (Å²) in [6.07, 6.45) is 6.13. The van der Waals surface area contributed by atoms with Crippen LogP contribution in [0.5, 0.6) is 0 Å². The summed E-state index contributed by atoms with van der Waals surface area (Å²) in [7, 11) is 0. The number of anilines is 1. The monoisotopic (exact) mass is 465 g/mol. The van der Waals surface area contributed by atoms with Crippen molar-refractivity contribution in [1.29, 1.82) is 0 Å². The molecule has 0 radical (unpaired) electrons. The smallest absolute Gasteiger partial charge is 0.263 e. The number of benzene rings is 3. The first-order valence-electron chi connectivity index (χ1n) is 11.5. The number of aryl methyl sites for hydroxylation is 2. The average Bonchev–Trinajstić information content (AvgIpc) is 3.31. The van der Waals surface area contributed by atoms with Crippen molar-refractivity contribution < 1.29 is 4.79 Å². The lowest BCUT2D eigenvalue weighted by Crippen LogP contribution is -2.27. The van der Waals surface area contributed by atoms with Gasteiger partial charge < -0.3 is 5.32 Å². The second kappa shape index (κ2) is 8.54. The lowest BCUT2D eigenvalue weighted by Gasteiger charge is -2.16. The highest BCUT2D eigenvalue weighted by Gasteiger charge is 2.17. The molecule has 2 heterocycles. The summed E-state index contributed by atoms with van der Waals surface area (Å²) in [5.41, 5.74) is 5.28. The molecule has 34 heavy (non-hydrogen) atoms. The number of aromatic nitrogens is 2. The number of hydrogen-bond acceptors (Lipinski definition) is 4. The van der Waals surface area contributed by atoms with Crippen LogP contribution in [-0.2, 0) is 24.2 Å². The zero-order valence-corrected chi connectivity index (χ0v) is 19.4. The van der Waals surface area contributed by atoms with Crippen LogP contribution in [0, 0.1) is 0 Å².